The fourth-order valence-corrected chi connectivity index (χ4v) is 0.580. The molecule has 0 saturated heterocycles. The molecule has 1 heterocycles. The highest BCUT2D eigenvalue weighted by molar-refractivity contribution is 5.37. The van der Waals surface area contributed by atoms with E-state index < -0.39 is 11.9 Å². The van der Waals surface area contributed by atoms with E-state index in [9.17, 15) is 9.59 Å². The van der Waals surface area contributed by atoms with Crippen molar-refractivity contribution in [2.75, 3.05) is 0 Å². The molecule has 0 aliphatic heterocycles. The highest BCUT2D eigenvalue weighted by Gasteiger charge is 2.11. The van der Waals surface area contributed by atoms with Gasteiger partial charge in [0.2, 0.25) is 0 Å². The molecule has 0 N–H and O–H groups in total. The van der Waals surface area contributed by atoms with Gasteiger partial charge in [0.15, 0.2) is 11.9 Å². The molecule has 1 unspecified atom stereocenters. The first-order valence-electron chi connectivity index (χ1n) is 2.91. The normalized spacial score (nSPS) is 12.5. The maximum atomic E-state index is 10.3. The van der Waals surface area contributed by atoms with Gasteiger partial charge in [-0.2, -0.15) is 0 Å². The van der Waals surface area contributed by atoms with E-state index in [4.69, 9.17) is 0 Å². The molecule has 0 saturated carbocycles. The Balaban J connectivity index is 2.75. The molecule has 5 nitrogen and oxygen atoms in total. The number of carbonyl (C=O) groups excluding carboxylic acids is 1. The van der Waals surface area contributed by atoms with Crippen LogP contribution in [0.2, 0.25) is 0 Å². The van der Waals surface area contributed by atoms with Crippen molar-refractivity contribution in [3.05, 3.63) is 22.6 Å². The molecular formula is C6H6O5. The van der Waals surface area contributed by atoms with Gasteiger partial charge in [0.25, 0.3) is 6.47 Å². The Bertz CT molecular complexity index is 283. The van der Waals surface area contributed by atoms with Gasteiger partial charge in [-0.25, -0.2) is 4.79 Å². The van der Waals surface area contributed by atoms with Gasteiger partial charge >= 0.3 is 5.82 Å². The number of rotatable bonds is 3. The summed E-state index contributed by atoms with van der Waals surface area (Å²) in [4.78, 5) is 20.1. The molecule has 1 aromatic rings. The molecule has 0 aromatic carbocycles. The van der Waals surface area contributed by atoms with Crippen LogP contribution < -0.4 is 5.82 Å². The zero-order valence-corrected chi connectivity index (χ0v) is 5.77. The predicted octanol–water partition coefficient (Wildman–Crippen LogP) is 0.467. The zero-order valence-electron chi connectivity index (χ0n) is 5.77. The summed E-state index contributed by atoms with van der Waals surface area (Å²) in [5.74, 6) is -0.608. The van der Waals surface area contributed by atoms with Crippen LogP contribution in [0, 0.1) is 0 Å². The fraction of sp³-hybridized carbons (Fsp3) is 0.333. The minimum atomic E-state index is -0.804. The van der Waals surface area contributed by atoms with Gasteiger partial charge in [0, 0.05) is 0 Å². The maximum Gasteiger partial charge on any atom is 0.518 e. The molecule has 1 aromatic heterocycles. The largest absolute Gasteiger partial charge is 0.518 e. The summed E-state index contributed by atoms with van der Waals surface area (Å²) in [7, 11) is 0. The SMILES string of the molecule is CC(OC=O)c1coc(=O)o1. The van der Waals surface area contributed by atoms with Crippen LogP contribution in [-0.2, 0) is 9.53 Å². The third kappa shape index (κ3) is 1.70. The van der Waals surface area contributed by atoms with Crippen molar-refractivity contribution in [1.82, 2.24) is 0 Å². The van der Waals surface area contributed by atoms with Gasteiger partial charge < -0.3 is 13.6 Å². The van der Waals surface area contributed by atoms with Crippen molar-refractivity contribution in [3.8, 4) is 0 Å². The van der Waals surface area contributed by atoms with Gasteiger partial charge in [0.05, 0.1) is 0 Å². The van der Waals surface area contributed by atoms with Crippen molar-refractivity contribution < 1.29 is 18.4 Å². The average Bonchev–Trinajstić information content (AvgIpc) is 2.36. The third-order valence-corrected chi connectivity index (χ3v) is 1.13. The van der Waals surface area contributed by atoms with Gasteiger partial charge in [-0.3, -0.25) is 4.79 Å². The van der Waals surface area contributed by atoms with E-state index in [0.717, 1.165) is 6.26 Å². The van der Waals surface area contributed by atoms with Crippen molar-refractivity contribution in [1.29, 1.82) is 0 Å². The van der Waals surface area contributed by atoms with Gasteiger partial charge in [0.1, 0.15) is 6.26 Å². The molecule has 0 spiro atoms. The van der Waals surface area contributed by atoms with E-state index in [2.05, 4.69) is 13.6 Å². The predicted molar refractivity (Wildman–Crippen MR) is 32.8 cm³/mol. The molecule has 0 fully saturated rings. The summed E-state index contributed by atoms with van der Waals surface area (Å²) < 4.78 is 13.3. The van der Waals surface area contributed by atoms with Crippen molar-refractivity contribution in [2.24, 2.45) is 0 Å². The lowest BCUT2D eigenvalue weighted by atomic mass is 10.3. The number of hydrogen-bond donors (Lipinski definition) is 0. The molecule has 60 valence electrons. The number of carbonyl (C=O) groups is 1. The smallest absolute Gasteiger partial charge is 0.457 e. The summed E-state index contributed by atoms with van der Waals surface area (Å²) in [5, 5.41) is 0. The first-order valence-corrected chi connectivity index (χ1v) is 2.91. The Hall–Kier alpha value is -1.52. The van der Waals surface area contributed by atoms with Crippen LogP contribution in [0.5, 0.6) is 0 Å². The first-order chi connectivity index (χ1) is 5.24. The van der Waals surface area contributed by atoms with E-state index >= 15 is 0 Å². The summed E-state index contributed by atoms with van der Waals surface area (Å²) in [6.07, 6.45) is 0.523. The average molecular weight is 158 g/mol. The van der Waals surface area contributed by atoms with E-state index in [1.807, 2.05) is 0 Å². The van der Waals surface area contributed by atoms with E-state index in [-0.39, 0.29) is 12.2 Å². The molecule has 0 amide bonds. The second-order valence-electron chi connectivity index (χ2n) is 1.86. The first kappa shape index (κ1) is 7.59. The van der Waals surface area contributed by atoms with Crippen LogP contribution in [-0.4, -0.2) is 6.47 Å². The zero-order chi connectivity index (χ0) is 8.27. The number of ether oxygens (including phenoxy) is 1. The van der Waals surface area contributed by atoms with Gasteiger partial charge in [-0.05, 0) is 6.92 Å². The molecule has 0 aliphatic rings. The maximum absolute atomic E-state index is 10.3. The lowest BCUT2D eigenvalue weighted by Crippen LogP contribution is -1.97. The standard InChI is InChI=1S/C6H6O5/c1-4(10-3-7)5-2-9-6(8)11-5/h2-4H,1H3. The quantitative estimate of drug-likeness (QED) is 0.598. The highest BCUT2D eigenvalue weighted by atomic mass is 16.6. The molecule has 1 rings (SSSR count). The molecule has 0 bridgehead atoms. The third-order valence-electron chi connectivity index (χ3n) is 1.13. The van der Waals surface area contributed by atoms with Crippen molar-refractivity contribution in [3.63, 3.8) is 0 Å². The summed E-state index contributed by atoms with van der Waals surface area (Å²) in [6.45, 7) is 1.83. The van der Waals surface area contributed by atoms with Crippen molar-refractivity contribution >= 4 is 6.47 Å². The minimum Gasteiger partial charge on any atom is -0.457 e. The Kier molecular flexibility index (Phi) is 2.10. The Morgan fingerprint density at radius 3 is 2.91 bits per heavy atom. The highest BCUT2D eigenvalue weighted by Crippen LogP contribution is 2.12. The minimum absolute atomic E-state index is 0.196. The van der Waals surface area contributed by atoms with Crippen molar-refractivity contribution in [2.45, 2.75) is 13.0 Å². The summed E-state index contributed by atoms with van der Waals surface area (Å²) in [6, 6.07) is 0. The Morgan fingerprint density at radius 2 is 2.45 bits per heavy atom. The second kappa shape index (κ2) is 3.05. The van der Waals surface area contributed by atoms with Crippen LogP contribution in [0.25, 0.3) is 0 Å². The molecule has 5 heteroatoms. The monoisotopic (exact) mass is 158 g/mol. The Labute approximate surface area is 61.6 Å². The molecule has 0 radical (unpaired) electrons. The van der Waals surface area contributed by atoms with Crippen LogP contribution in [0.3, 0.4) is 0 Å². The van der Waals surface area contributed by atoms with E-state index in [1.165, 1.54) is 0 Å². The van der Waals surface area contributed by atoms with Crippen LogP contribution in [0.15, 0.2) is 19.9 Å². The molecular weight excluding hydrogens is 152 g/mol. The van der Waals surface area contributed by atoms with Gasteiger partial charge in [-0.15, -0.1) is 0 Å². The lowest BCUT2D eigenvalue weighted by molar-refractivity contribution is -0.133. The van der Waals surface area contributed by atoms with E-state index in [1.54, 1.807) is 6.92 Å². The van der Waals surface area contributed by atoms with Crippen LogP contribution in [0.4, 0.5) is 0 Å². The molecule has 0 aliphatic carbocycles. The van der Waals surface area contributed by atoms with Crippen LogP contribution >= 0.6 is 0 Å². The fourth-order valence-electron chi connectivity index (χ4n) is 0.580. The lowest BCUT2D eigenvalue weighted by Gasteiger charge is -2.01. The topological polar surface area (TPSA) is 69.7 Å². The molecule has 1 atom stereocenters. The second-order valence-corrected chi connectivity index (χ2v) is 1.86. The number of hydrogen-bond acceptors (Lipinski definition) is 5. The Morgan fingerprint density at radius 1 is 1.73 bits per heavy atom. The van der Waals surface area contributed by atoms with E-state index in [0.29, 0.717) is 0 Å². The molecule has 11 heavy (non-hydrogen) atoms. The van der Waals surface area contributed by atoms with Crippen LogP contribution in [0.1, 0.15) is 18.8 Å². The summed E-state index contributed by atoms with van der Waals surface area (Å²) >= 11 is 0. The summed E-state index contributed by atoms with van der Waals surface area (Å²) in [5.41, 5.74) is 0. The van der Waals surface area contributed by atoms with Gasteiger partial charge in [-0.1, -0.05) is 0 Å².